The van der Waals surface area contributed by atoms with Crippen molar-refractivity contribution in [1.29, 1.82) is 0 Å². The fraction of sp³-hybridized carbons (Fsp3) is 0.111. The second kappa shape index (κ2) is 4.72. The predicted octanol–water partition coefficient (Wildman–Crippen LogP) is 1.74. The molecule has 0 aliphatic carbocycles. The number of sulfonamides is 1. The van der Waals surface area contributed by atoms with E-state index in [1.54, 1.807) is 12.1 Å². The van der Waals surface area contributed by atoms with E-state index in [0.29, 0.717) is 0 Å². The second-order valence-electron chi connectivity index (χ2n) is 2.67. The molecule has 0 heterocycles. The summed E-state index contributed by atoms with van der Waals surface area (Å²) >= 11 is 3.25. The van der Waals surface area contributed by atoms with E-state index in [1.165, 1.54) is 12.1 Å². The monoisotopic (exact) mass is 275 g/mol. The van der Waals surface area contributed by atoms with Crippen LogP contribution in [0.5, 0.6) is 0 Å². The van der Waals surface area contributed by atoms with Gasteiger partial charge in [0.25, 0.3) is 0 Å². The first-order valence-electron chi connectivity index (χ1n) is 3.89. The van der Waals surface area contributed by atoms with Gasteiger partial charge in [0.2, 0.25) is 10.0 Å². The van der Waals surface area contributed by atoms with Gasteiger partial charge in [-0.2, -0.15) is 0 Å². The summed E-state index contributed by atoms with van der Waals surface area (Å²) < 4.78 is 21.8. The van der Waals surface area contributed by atoms with E-state index >= 15 is 0 Å². The first-order valence-corrected chi connectivity index (χ1v) is 6.56. The summed E-state index contributed by atoms with van der Waals surface area (Å²) in [4.78, 5) is 0.133. The van der Waals surface area contributed by atoms with Crippen LogP contribution in [0.2, 0.25) is 0 Å². The number of primary sulfonamides is 1. The lowest BCUT2D eigenvalue weighted by molar-refractivity contribution is 0.598. The standard InChI is InChI=1S/C9H10BrNO2S/c10-7-1-2-8-3-5-9(6-4-8)14(11,12)13/h1-6H,7H2,(H2,11,12,13). The SMILES string of the molecule is NS(=O)(=O)c1ccc(C=CCBr)cc1. The molecule has 14 heavy (non-hydrogen) atoms. The summed E-state index contributed by atoms with van der Waals surface area (Å²) in [7, 11) is -3.57. The van der Waals surface area contributed by atoms with Gasteiger partial charge in [-0.1, -0.05) is 40.2 Å². The molecule has 1 rings (SSSR count). The molecule has 2 N–H and O–H groups in total. The average Bonchev–Trinajstić information content (AvgIpc) is 2.14. The van der Waals surface area contributed by atoms with Crippen LogP contribution in [0.25, 0.3) is 6.08 Å². The number of halogens is 1. The van der Waals surface area contributed by atoms with Crippen LogP contribution in [0.1, 0.15) is 5.56 Å². The summed E-state index contributed by atoms with van der Waals surface area (Å²) in [5.74, 6) is 0. The van der Waals surface area contributed by atoms with Crippen molar-refractivity contribution in [2.45, 2.75) is 4.90 Å². The number of rotatable bonds is 3. The lowest BCUT2D eigenvalue weighted by atomic mass is 10.2. The van der Waals surface area contributed by atoms with Crippen molar-refractivity contribution in [3.05, 3.63) is 35.9 Å². The summed E-state index contributed by atoms with van der Waals surface area (Å²) in [5.41, 5.74) is 0.942. The Balaban J connectivity index is 2.95. The molecular formula is C9H10BrNO2S. The third-order valence-electron chi connectivity index (χ3n) is 1.61. The minimum Gasteiger partial charge on any atom is -0.225 e. The number of allylic oxidation sites excluding steroid dienone is 1. The predicted molar refractivity (Wildman–Crippen MR) is 60.6 cm³/mol. The van der Waals surface area contributed by atoms with E-state index in [4.69, 9.17) is 5.14 Å². The maximum absolute atomic E-state index is 10.9. The highest BCUT2D eigenvalue weighted by Crippen LogP contribution is 2.09. The van der Waals surface area contributed by atoms with Gasteiger partial charge in [0.05, 0.1) is 4.90 Å². The highest BCUT2D eigenvalue weighted by molar-refractivity contribution is 9.09. The number of benzene rings is 1. The fourth-order valence-electron chi connectivity index (χ4n) is 0.949. The van der Waals surface area contributed by atoms with Gasteiger partial charge < -0.3 is 0 Å². The summed E-state index contributed by atoms with van der Waals surface area (Å²) in [5, 5.41) is 5.72. The molecule has 1 aromatic rings. The lowest BCUT2D eigenvalue weighted by Gasteiger charge is -1.97. The summed E-state index contributed by atoms with van der Waals surface area (Å²) in [6.45, 7) is 0. The highest BCUT2D eigenvalue weighted by atomic mass is 79.9. The smallest absolute Gasteiger partial charge is 0.225 e. The molecule has 0 atom stereocenters. The molecule has 0 fully saturated rings. The summed E-state index contributed by atoms with van der Waals surface area (Å²) in [6.07, 6.45) is 3.81. The van der Waals surface area contributed by atoms with Gasteiger partial charge in [0, 0.05) is 5.33 Å². The maximum atomic E-state index is 10.9. The molecule has 5 heteroatoms. The number of hydrogen-bond donors (Lipinski definition) is 1. The van der Waals surface area contributed by atoms with Gasteiger partial charge in [-0.05, 0) is 17.7 Å². The first kappa shape index (κ1) is 11.4. The maximum Gasteiger partial charge on any atom is 0.238 e. The minimum absolute atomic E-state index is 0.133. The van der Waals surface area contributed by atoms with Crippen LogP contribution in [-0.2, 0) is 10.0 Å². The molecule has 1 aromatic carbocycles. The van der Waals surface area contributed by atoms with Crippen molar-refractivity contribution in [2.75, 3.05) is 5.33 Å². The molecule has 0 amide bonds. The zero-order valence-corrected chi connectivity index (χ0v) is 9.75. The number of hydrogen-bond acceptors (Lipinski definition) is 2. The Kier molecular flexibility index (Phi) is 3.86. The van der Waals surface area contributed by atoms with Crippen LogP contribution in [-0.4, -0.2) is 13.7 Å². The van der Waals surface area contributed by atoms with Crippen LogP contribution in [0.15, 0.2) is 35.2 Å². The molecule has 0 radical (unpaired) electrons. The third-order valence-corrected chi connectivity index (χ3v) is 2.91. The Morgan fingerprint density at radius 2 is 1.86 bits per heavy atom. The van der Waals surface area contributed by atoms with E-state index in [-0.39, 0.29) is 4.90 Å². The molecule has 0 bridgehead atoms. The van der Waals surface area contributed by atoms with Gasteiger partial charge in [-0.25, -0.2) is 13.6 Å². The van der Waals surface area contributed by atoms with Gasteiger partial charge in [-0.3, -0.25) is 0 Å². The van der Waals surface area contributed by atoms with E-state index in [9.17, 15) is 8.42 Å². The Hall–Kier alpha value is -0.650. The molecule has 0 aliphatic rings. The van der Waals surface area contributed by atoms with E-state index < -0.39 is 10.0 Å². The van der Waals surface area contributed by atoms with Crippen molar-refractivity contribution in [3.8, 4) is 0 Å². The molecule has 0 unspecified atom stereocenters. The van der Waals surface area contributed by atoms with Crippen molar-refractivity contribution in [1.82, 2.24) is 0 Å². The molecule has 0 aromatic heterocycles. The highest BCUT2D eigenvalue weighted by Gasteiger charge is 2.05. The van der Waals surface area contributed by atoms with Crippen molar-refractivity contribution >= 4 is 32.0 Å². The Morgan fingerprint density at radius 1 is 1.29 bits per heavy atom. The van der Waals surface area contributed by atoms with E-state index in [1.807, 2.05) is 12.2 Å². The quantitative estimate of drug-likeness (QED) is 0.855. The van der Waals surface area contributed by atoms with Crippen LogP contribution in [0, 0.1) is 0 Å². The van der Waals surface area contributed by atoms with Crippen molar-refractivity contribution in [3.63, 3.8) is 0 Å². The first-order chi connectivity index (χ1) is 6.54. The molecule has 0 spiro atoms. The van der Waals surface area contributed by atoms with Crippen LogP contribution >= 0.6 is 15.9 Å². The van der Waals surface area contributed by atoms with E-state index in [0.717, 1.165) is 10.9 Å². The molecule has 3 nitrogen and oxygen atoms in total. The van der Waals surface area contributed by atoms with Gasteiger partial charge >= 0.3 is 0 Å². The third kappa shape index (κ3) is 3.25. The Morgan fingerprint density at radius 3 is 2.29 bits per heavy atom. The molecule has 0 saturated heterocycles. The van der Waals surface area contributed by atoms with Gasteiger partial charge in [-0.15, -0.1) is 0 Å². The Bertz CT molecular complexity index is 423. The largest absolute Gasteiger partial charge is 0.238 e. The van der Waals surface area contributed by atoms with Crippen LogP contribution in [0.4, 0.5) is 0 Å². The van der Waals surface area contributed by atoms with E-state index in [2.05, 4.69) is 15.9 Å². The normalized spacial score (nSPS) is 12.1. The fourth-order valence-corrected chi connectivity index (χ4v) is 1.65. The van der Waals surface area contributed by atoms with Crippen molar-refractivity contribution in [2.24, 2.45) is 5.14 Å². The lowest BCUT2D eigenvalue weighted by Crippen LogP contribution is -2.11. The van der Waals surface area contributed by atoms with Crippen LogP contribution < -0.4 is 5.14 Å². The van der Waals surface area contributed by atoms with Gasteiger partial charge in [0.15, 0.2) is 0 Å². The molecule has 0 aliphatic heterocycles. The molecule has 76 valence electrons. The zero-order valence-electron chi connectivity index (χ0n) is 7.35. The average molecular weight is 276 g/mol. The van der Waals surface area contributed by atoms with Gasteiger partial charge in [0.1, 0.15) is 0 Å². The molecular weight excluding hydrogens is 266 g/mol. The molecule has 0 saturated carbocycles. The number of nitrogens with two attached hydrogens (primary N) is 1. The van der Waals surface area contributed by atoms with Crippen molar-refractivity contribution < 1.29 is 8.42 Å². The Labute approximate surface area is 91.8 Å². The van der Waals surface area contributed by atoms with Crippen LogP contribution in [0.3, 0.4) is 0 Å². The zero-order chi connectivity index (χ0) is 10.6. The second-order valence-corrected chi connectivity index (χ2v) is 4.88. The minimum atomic E-state index is -3.57. The topological polar surface area (TPSA) is 60.2 Å². The number of alkyl halides is 1. The summed E-state index contributed by atoms with van der Waals surface area (Å²) in [6, 6.07) is 6.39.